The molecule has 0 bridgehead atoms. The van der Waals surface area contributed by atoms with Crippen molar-refractivity contribution in [3.63, 3.8) is 0 Å². The van der Waals surface area contributed by atoms with Crippen LogP contribution in [0.15, 0.2) is 18.2 Å². The lowest BCUT2D eigenvalue weighted by Gasteiger charge is -2.15. The number of aryl methyl sites for hydroxylation is 1. The highest BCUT2D eigenvalue weighted by molar-refractivity contribution is 5.85. The van der Waals surface area contributed by atoms with E-state index in [2.05, 4.69) is 44.3 Å². The molecule has 2 nitrogen and oxygen atoms in total. The second kappa shape index (κ2) is 6.78. The number of unbranched alkanes of at least 4 members (excludes halogenated alkanes) is 1. The quantitative estimate of drug-likeness (QED) is 0.779. The summed E-state index contributed by atoms with van der Waals surface area (Å²) in [6, 6.07) is 6.84. The molecule has 0 unspecified atom stereocenters. The first-order valence-corrected chi connectivity index (χ1v) is 8.85. The van der Waals surface area contributed by atoms with Crippen molar-refractivity contribution < 1.29 is 0 Å². The number of hydrogen-bond donors (Lipinski definition) is 1. The van der Waals surface area contributed by atoms with Gasteiger partial charge in [0.05, 0.1) is 5.52 Å². The Morgan fingerprint density at radius 1 is 1.23 bits per heavy atom. The van der Waals surface area contributed by atoms with Crippen LogP contribution in [0, 0.1) is 0 Å². The van der Waals surface area contributed by atoms with Crippen LogP contribution in [-0.4, -0.2) is 11.5 Å². The molecule has 0 saturated carbocycles. The monoisotopic (exact) mass is 296 g/mol. The Morgan fingerprint density at radius 3 is 2.86 bits per heavy atom. The number of nitrogens with one attached hydrogen (secondary N) is 1. The molecule has 0 amide bonds. The van der Waals surface area contributed by atoms with Gasteiger partial charge >= 0.3 is 0 Å². The van der Waals surface area contributed by atoms with E-state index in [9.17, 15) is 0 Å². The molecule has 1 aliphatic rings. The minimum absolute atomic E-state index is 0.568. The highest BCUT2D eigenvalue weighted by atomic mass is 14.9. The van der Waals surface area contributed by atoms with Gasteiger partial charge in [0.25, 0.3) is 0 Å². The highest BCUT2D eigenvalue weighted by Gasteiger charge is 2.19. The van der Waals surface area contributed by atoms with Gasteiger partial charge in [-0.2, -0.15) is 0 Å². The Labute approximate surface area is 134 Å². The molecule has 1 aromatic heterocycles. The Balaban J connectivity index is 2.02. The van der Waals surface area contributed by atoms with E-state index in [4.69, 9.17) is 4.98 Å². The lowest BCUT2D eigenvalue weighted by atomic mass is 9.96. The van der Waals surface area contributed by atoms with Crippen LogP contribution >= 0.6 is 0 Å². The number of rotatable bonds is 6. The molecule has 2 aromatic rings. The molecule has 22 heavy (non-hydrogen) atoms. The zero-order valence-electron chi connectivity index (χ0n) is 14.2. The summed E-state index contributed by atoms with van der Waals surface area (Å²) in [5.74, 6) is 0.568. The number of benzene rings is 1. The van der Waals surface area contributed by atoms with E-state index in [0.29, 0.717) is 5.92 Å². The van der Waals surface area contributed by atoms with Crippen molar-refractivity contribution in [2.45, 2.75) is 65.3 Å². The molecule has 0 radical (unpaired) electrons. The Hall–Kier alpha value is -1.41. The van der Waals surface area contributed by atoms with Gasteiger partial charge in [-0.05, 0) is 67.0 Å². The van der Waals surface area contributed by atoms with Crippen LogP contribution in [-0.2, 0) is 19.4 Å². The smallest absolute Gasteiger partial charge is 0.0708 e. The number of hydrogen-bond acceptors (Lipinski definition) is 2. The van der Waals surface area contributed by atoms with E-state index < -0.39 is 0 Å². The second-order valence-corrected chi connectivity index (χ2v) is 6.83. The number of nitrogens with zero attached hydrogens (tertiary/aromatic N) is 1. The third-order valence-electron chi connectivity index (χ3n) is 4.83. The van der Waals surface area contributed by atoms with Crippen LogP contribution < -0.4 is 5.32 Å². The largest absolute Gasteiger partial charge is 0.313 e. The van der Waals surface area contributed by atoms with E-state index in [1.54, 1.807) is 0 Å². The molecule has 118 valence electrons. The molecule has 0 atom stereocenters. The Bertz CT molecular complexity index is 658. The van der Waals surface area contributed by atoms with E-state index in [0.717, 1.165) is 19.5 Å². The Morgan fingerprint density at radius 2 is 2.09 bits per heavy atom. The summed E-state index contributed by atoms with van der Waals surface area (Å²) in [7, 11) is 0. The van der Waals surface area contributed by atoms with Crippen molar-refractivity contribution in [2.24, 2.45) is 0 Å². The summed E-state index contributed by atoms with van der Waals surface area (Å²) < 4.78 is 0. The van der Waals surface area contributed by atoms with Gasteiger partial charge in [0, 0.05) is 17.6 Å². The average Bonchev–Trinajstić information content (AvgIpc) is 2.98. The fourth-order valence-electron chi connectivity index (χ4n) is 3.45. The second-order valence-electron chi connectivity index (χ2n) is 6.83. The summed E-state index contributed by atoms with van der Waals surface area (Å²) >= 11 is 0. The fourth-order valence-corrected chi connectivity index (χ4v) is 3.45. The number of aromatic nitrogens is 1. The first-order chi connectivity index (χ1) is 10.7. The van der Waals surface area contributed by atoms with E-state index in [1.807, 2.05) is 0 Å². The van der Waals surface area contributed by atoms with Crippen LogP contribution in [0.5, 0.6) is 0 Å². The van der Waals surface area contributed by atoms with Crippen molar-refractivity contribution in [1.82, 2.24) is 10.3 Å². The molecule has 0 fully saturated rings. The molecule has 2 heteroatoms. The number of pyridine rings is 1. The van der Waals surface area contributed by atoms with Crippen molar-refractivity contribution in [1.29, 1.82) is 0 Å². The molecule has 0 saturated heterocycles. The first-order valence-electron chi connectivity index (χ1n) is 8.85. The highest BCUT2D eigenvalue weighted by Crippen LogP contribution is 2.31. The van der Waals surface area contributed by atoms with Gasteiger partial charge in [-0.25, -0.2) is 0 Å². The summed E-state index contributed by atoms with van der Waals surface area (Å²) in [5.41, 5.74) is 6.98. The molecular formula is C20H28N2. The summed E-state index contributed by atoms with van der Waals surface area (Å²) in [6.45, 7) is 8.88. The third-order valence-corrected chi connectivity index (χ3v) is 4.83. The molecule has 1 heterocycles. The lowest BCUT2D eigenvalue weighted by Crippen LogP contribution is -2.16. The zero-order chi connectivity index (χ0) is 15.5. The maximum absolute atomic E-state index is 4.93. The molecule has 0 spiro atoms. The maximum Gasteiger partial charge on any atom is 0.0708 e. The van der Waals surface area contributed by atoms with Gasteiger partial charge in [-0.1, -0.05) is 33.3 Å². The van der Waals surface area contributed by atoms with Crippen molar-refractivity contribution in [3.8, 4) is 0 Å². The van der Waals surface area contributed by atoms with Gasteiger partial charge in [-0.15, -0.1) is 0 Å². The first kappa shape index (κ1) is 15.5. The van der Waals surface area contributed by atoms with Gasteiger partial charge in [-0.3, -0.25) is 4.98 Å². The van der Waals surface area contributed by atoms with Gasteiger partial charge in [0.2, 0.25) is 0 Å². The normalized spacial score (nSPS) is 14.0. The fraction of sp³-hybridized carbons (Fsp3) is 0.550. The van der Waals surface area contributed by atoms with E-state index in [1.165, 1.54) is 59.0 Å². The van der Waals surface area contributed by atoms with Crippen LogP contribution in [0.3, 0.4) is 0 Å². The average molecular weight is 296 g/mol. The van der Waals surface area contributed by atoms with Crippen molar-refractivity contribution >= 4 is 10.9 Å². The summed E-state index contributed by atoms with van der Waals surface area (Å²) in [6.07, 6.45) is 6.12. The predicted molar refractivity (Wildman–Crippen MR) is 94.5 cm³/mol. The SMILES string of the molecule is CCCCNCc1c2c(nc3ccc(C(C)C)cc13)CCC2. The maximum atomic E-state index is 4.93. The molecule has 0 aliphatic heterocycles. The number of fused-ring (bicyclic) bond motifs is 2. The van der Waals surface area contributed by atoms with Crippen LogP contribution in [0.4, 0.5) is 0 Å². The summed E-state index contributed by atoms with van der Waals surface area (Å²) in [4.78, 5) is 4.93. The van der Waals surface area contributed by atoms with Crippen LogP contribution in [0.2, 0.25) is 0 Å². The third kappa shape index (κ3) is 3.03. The van der Waals surface area contributed by atoms with Crippen molar-refractivity contribution in [3.05, 3.63) is 40.6 Å². The van der Waals surface area contributed by atoms with Crippen LogP contribution in [0.25, 0.3) is 10.9 Å². The van der Waals surface area contributed by atoms with Gasteiger partial charge in [0.15, 0.2) is 0 Å². The molecular weight excluding hydrogens is 268 g/mol. The molecule has 1 aromatic carbocycles. The van der Waals surface area contributed by atoms with Crippen LogP contribution in [0.1, 0.15) is 68.3 Å². The molecule has 3 rings (SSSR count). The van der Waals surface area contributed by atoms with E-state index >= 15 is 0 Å². The topological polar surface area (TPSA) is 24.9 Å². The Kier molecular flexibility index (Phi) is 4.77. The minimum Gasteiger partial charge on any atom is -0.313 e. The zero-order valence-corrected chi connectivity index (χ0v) is 14.2. The minimum atomic E-state index is 0.568. The molecule has 1 aliphatic carbocycles. The lowest BCUT2D eigenvalue weighted by molar-refractivity contribution is 0.640. The molecule has 1 N–H and O–H groups in total. The van der Waals surface area contributed by atoms with E-state index in [-0.39, 0.29) is 0 Å². The van der Waals surface area contributed by atoms with Gasteiger partial charge in [0.1, 0.15) is 0 Å². The summed E-state index contributed by atoms with van der Waals surface area (Å²) in [5, 5.41) is 5.02. The van der Waals surface area contributed by atoms with Crippen molar-refractivity contribution in [2.75, 3.05) is 6.54 Å². The predicted octanol–water partition coefficient (Wildman–Crippen LogP) is 4.74. The standard InChI is InChI=1S/C20H28N2/c1-4-5-11-21-13-18-16-7-6-8-19(16)22-20-10-9-15(14(2)3)12-17(18)20/h9-10,12,14,21H,4-8,11,13H2,1-3H3. The van der Waals surface area contributed by atoms with Gasteiger partial charge < -0.3 is 5.32 Å².